The van der Waals surface area contributed by atoms with Gasteiger partial charge in [-0.1, -0.05) is 0 Å². The summed E-state index contributed by atoms with van der Waals surface area (Å²) >= 11 is 1.46. The van der Waals surface area contributed by atoms with E-state index in [1.807, 2.05) is 29.1 Å². The molecule has 1 nitrogen and oxygen atoms in total. The zero-order chi connectivity index (χ0) is 11.5. The van der Waals surface area contributed by atoms with Crippen molar-refractivity contribution in [2.24, 2.45) is 0 Å². The van der Waals surface area contributed by atoms with Crippen LogP contribution in [0.25, 0.3) is 0 Å². The minimum atomic E-state index is -0.484. The summed E-state index contributed by atoms with van der Waals surface area (Å²) in [5.41, 5.74) is 0.563. The third kappa shape index (κ3) is 2.42. The van der Waals surface area contributed by atoms with Crippen molar-refractivity contribution in [1.82, 2.24) is 4.57 Å². The maximum absolute atomic E-state index is 13.6. The molecule has 2 rings (SSSR count). The van der Waals surface area contributed by atoms with Crippen LogP contribution >= 0.6 is 0 Å². The molecule has 0 aliphatic heterocycles. The van der Waals surface area contributed by atoms with Crippen molar-refractivity contribution in [1.29, 1.82) is 0 Å². The Morgan fingerprint density at radius 2 is 1.81 bits per heavy atom. The Morgan fingerprint density at radius 1 is 1.12 bits per heavy atom. The van der Waals surface area contributed by atoms with Gasteiger partial charge >= 0.3 is 104 Å². The van der Waals surface area contributed by atoms with Crippen LogP contribution in [-0.4, -0.2) is 4.57 Å². The Labute approximate surface area is 104 Å². The minimum absolute atomic E-state index is 0.102. The molecular formula is C12H10F2NTi. The molecule has 0 radical (unpaired) electrons. The first-order valence-corrected chi connectivity index (χ1v) is 5.76. The predicted octanol–water partition coefficient (Wildman–Crippen LogP) is 2.18. The molecule has 0 atom stereocenters. The number of rotatable bonds is 3. The van der Waals surface area contributed by atoms with Crippen LogP contribution in [0.15, 0.2) is 36.7 Å². The van der Waals surface area contributed by atoms with E-state index in [0.29, 0.717) is 18.5 Å². The molecule has 2 aromatic rings. The predicted molar refractivity (Wildman–Crippen MR) is 54.1 cm³/mol. The van der Waals surface area contributed by atoms with Crippen molar-refractivity contribution in [2.45, 2.75) is 13.0 Å². The molecule has 0 unspecified atom stereocenters. The van der Waals surface area contributed by atoms with E-state index in [1.165, 1.54) is 32.6 Å². The van der Waals surface area contributed by atoms with Gasteiger partial charge in [-0.2, -0.15) is 0 Å². The van der Waals surface area contributed by atoms with Crippen molar-refractivity contribution in [3.8, 4) is 0 Å². The summed E-state index contributed by atoms with van der Waals surface area (Å²) in [6.45, 7) is 0.703. The van der Waals surface area contributed by atoms with E-state index in [4.69, 9.17) is 0 Å². The first kappa shape index (κ1) is 11.6. The normalized spacial score (nSPS) is 10.6. The van der Waals surface area contributed by atoms with Crippen molar-refractivity contribution in [3.63, 3.8) is 0 Å². The van der Waals surface area contributed by atoms with Gasteiger partial charge in [0, 0.05) is 0 Å². The number of nitrogens with zero attached hydrogens (tertiary/aromatic N) is 1. The molecule has 0 aliphatic carbocycles. The second-order valence-corrected chi connectivity index (χ2v) is 4.35. The molecule has 1 aromatic heterocycles. The Bertz CT molecular complexity index is 480. The molecule has 0 saturated heterocycles. The van der Waals surface area contributed by atoms with Crippen LogP contribution in [0.2, 0.25) is 0 Å². The van der Waals surface area contributed by atoms with E-state index in [9.17, 15) is 8.78 Å². The maximum atomic E-state index is 13.6. The van der Waals surface area contributed by atoms with Gasteiger partial charge in [0.05, 0.1) is 0 Å². The van der Waals surface area contributed by atoms with Gasteiger partial charge in [0.15, 0.2) is 0 Å². The quantitative estimate of drug-likeness (QED) is 0.740. The monoisotopic (exact) mass is 254 g/mol. The summed E-state index contributed by atoms with van der Waals surface area (Å²) < 4.78 is 28.7. The molecule has 0 N–H and O–H groups in total. The van der Waals surface area contributed by atoms with Gasteiger partial charge in [0.2, 0.25) is 0 Å². The van der Waals surface area contributed by atoms with Gasteiger partial charge < -0.3 is 0 Å². The molecule has 0 aliphatic rings. The van der Waals surface area contributed by atoms with E-state index >= 15 is 0 Å². The average Bonchev–Trinajstić information content (AvgIpc) is 2.78. The molecule has 1 aromatic carbocycles. The standard InChI is InChI=1S/C12H10F2N.Ti/c13-11-4-3-10(12(14)9-11)5-8-15-6-1-2-7-15;/h1-4,6-7H,5,8H2;. The molecule has 4 heteroatoms. The number of aryl methyl sites for hydroxylation is 2. The average molecular weight is 254 g/mol. The Morgan fingerprint density at radius 3 is 2.50 bits per heavy atom. The first-order chi connectivity index (χ1) is 7.68. The number of hydrogen-bond acceptors (Lipinski definition) is 0. The van der Waals surface area contributed by atoms with Crippen LogP contribution in [0.3, 0.4) is 0 Å². The first-order valence-electron chi connectivity index (χ1n) is 4.97. The van der Waals surface area contributed by atoms with Crippen molar-refractivity contribution < 1.29 is 29.2 Å². The van der Waals surface area contributed by atoms with Crippen LogP contribution in [0, 0.1) is 11.6 Å². The van der Waals surface area contributed by atoms with Gasteiger partial charge in [0.1, 0.15) is 0 Å². The fourth-order valence-electron chi connectivity index (χ4n) is 1.56. The molecular weight excluding hydrogens is 244 g/mol. The molecule has 0 amide bonds. The molecule has 81 valence electrons. The topological polar surface area (TPSA) is 4.93 Å². The number of benzene rings is 1. The molecule has 0 spiro atoms. The molecule has 1 heterocycles. The van der Waals surface area contributed by atoms with Crippen LogP contribution in [0.4, 0.5) is 8.78 Å². The number of aromatic nitrogens is 1. The zero-order valence-corrected chi connectivity index (χ0v) is 10.1. The van der Waals surface area contributed by atoms with Gasteiger partial charge in [-0.3, -0.25) is 0 Å². The summed E-state index contributed by atoms with van der Waals surface area (Å²) in [5, 5.41) is 0. The Hall–Kier alpha value is -0.926. The number of hydrogen-bond donors (Lipinski definition) is 0. The van der Waals surface area contributed by atoms with Crippen LogP contribution in [0.1, 0.15) is 5.56 Å². The van der Waals surface area contributed by atoms with Crippen LogP contribution in [0.5, 0.6) is 0 Å². The Kier molecular flexibility index (Phi) is 3.57. The summed E-state index contributed by atoms with van der Waals surface area (Å²) in [5.74, 6) is -0.908. The fourth-order valence-corrected chi connectivity index (χ4v) is 1.94. The van der Waals surface area contributed by atoms with E-state index in [1.54, 1.807) is 0 Å². The van der Waals surface area contributed by atoms with E-state index in [-0.39, 0.29) is 3.87 Å². The molecule has 0 fully saturated rings. The third-order valence-corrected chi connectivity index (χ3v) is 3.19. The summed E-state index contributed by atoms with van der Waals surface area (Å²) in [4.78, 5) is 0. The third-order valence-electron chi connectivity index (χ3n) is 2.48. The van der Waals surface area contributed by atoms with E-state index in [2.05, 4.69) is 0 Å². The molecule has 0 saturated carbocycles. The summed E-state index contributed by atoms with van der Waals surface area (Å²) in [6, 6.07) is 6.68. The van der Waals surface area contributed by atoms with E-state index in [0.717, 1.165) is 0 Å². The zero-order valence-electron chi connectivity index (χ0n) is 8.58. The molecule has 16 heavy (non-hydrogen) atoms. The van der Waals surface area contributed by atoms with Gasteiger partial charge in [-0.15, -0.1) is 0 Å². The fraction of sp³-hybridized carbons (Fsp3) is 0.167. The van der Waals surface area contributed by atoms with Crippen LogP contribution in [-0.2, 0) is 33.4 Å². The Balaban J connectivity index is 2.13. The van der Waals surface area contributed by atoms with Crippen molar-refractivity contribution in [2.75, 3.05) is 0 Å². The summed E-state index contributed by atoms with van der Waals surface area (Å²) in [7, 11) is 0. The second-order valence-electron chi connectivity index (χ2n) is 3.57. The second kappa shape index (κ2) is 4.94. The van der Waals surface area contributed by atoms with Crippen molar-refractivity contribution in [3.05, 3.63) is 53.9 Å². The van der Waals surface area contributed by atoms with Gasteiger partial charge in [-0.05, 0) is 0 Å². The van der Waals surface area contributed by atoms with E-state index < -0.39 is 11.6 Å². The SMILES string of the molecule is Fc1ccc(CCn2cccc2)c(F)[c]1[Ti]. The number of halogens is 2. The van der Waals surface area contributed by atoms with Crippen molar-refractivity contribution >= 4 is 3.87 Å². The molecule has 0 bridgehead atoms. The van der Waals surface area contributed by atoms with Gasteiger partial charge in [-0.25, -0.2) is 0 Å². The summed E-state index contributed by atoms with van der Waals surface area (Å²) in [6.07, 6.45) is 4.42. The van der Waals surface area contributed by atoms with Crippen LogP contribution < -0.4 is 3.87 Å². The van der Waals surface area contributed by atoms with Gasteiger partial charge in [0.25, 0.3) is 0 Å².